The molecule has 1 aromatic carbocycles. The molecule has 2 fully saturated rings. The van der Waals surface area contributed by atoms with Gasteiger partial charge in [-0.1, -0.05) is 24.0 Å². The molecule has 0 aliphatic carbocycles. The lowest BCUT2D eigenvalue weighted by Crippen LogP contribution is -2.74. The summed E-state index contributed by atoms with van der Waals surface area (Å²) in [7, 11) is 3.96. The van der Waals surface area contributed by atoms with E-state index in [0.29, 0.717) is 13.1 Å². The van der Waals surface area contributed by atoms with Crippen molar-refractivity contribution in [3.05, 3.63) is 35.4 Å². The second-order valence-corrected chi connectivity index (χ2v) is 8.29. The zero-order valence-electron chi connectivity index (χ0n) is 17.6. The monoisotopic (exact) mass is 398 g/mol. The van der Waals surface area contributed by atoms with Crippen LogP contribution in [0.5, 0.6) is 0 Å². The lowest BCUT2D eigenvalue weighted by Gasteiger charge is -2.58. The molecule has 2 aliphatic heterocycles. The van der Waals surface area contributed by atoms with Crippen LogP contribution in [0.15, 0.2) is 24.3 Å². The van der Waals surface area contributed by atoms with Crippen LogP contribution in [-0.2, 0) is 4.79 Å². The smallest absolute Gasteiger partial charge is 0.318 e. The van der Waals surface area contributed by atoms with Crippen molar-refractivity contribution in [2.24, 2.45) is 0 Å². The fourth-order valence-electron chi connectivity index (χ4n) is 4.08. The van der Waals surface area contributed by atoms with Crippen molar-refractivity contribution >= 4 is 11.9 Å². The van der Waals surface area contributed by atoms with E-state index in [-0.39, 0.29) is 49.1 Å². The number of urea groups is 1. The lowest BCUT2D eigenvalue weighted by molar-refractivity contribution is -0.159. The van der Waals surface area contributed by atoms with Crippen molar-refractivity contribution in [2.45, 2.75) is 37.9 Å². The molecule has 0 spiro atoms. The molecule has 0 radical (unpaired) electrons. The van der Waals surface area contributed by atoms with Crippen molar-refractivity contribution in [1.82, 2.24) is 20.0 Å². The van der Waals surface area contributed by atoms with Gasteiger partial charge in [0.05, 0.1) is 25.2 Å². The van der Waals surface area contributed by atoms with E-state index in [1.165, 1.54) is 0 Å². The van der Waals surface area contributed by atoms with Gasteiger partial charge in [0.15, 0.2) is 0 Å². The molecule has 2 aliphatic rings. The number of nitrogens with one attached hydrogen (secondary N) is 1. The topological polar surface area (TPSA) is 76.1 Å². The first-order valence-electron chi connectivity index (χ1n) is 10.0. The van der Waals surface area contributed by atoms with Gasteiger partial charge in [-0.3, -0.25) is 9.69 Å². The van der Waals surface area contributed by atoms with Gasteiger partial charge in [0.2, 0.25) is 5.91 Å². The highest BCUT2D eigenvalue weighted by Gasteiger charge is 2.54. The summed E-state index contributed by atoms with van der Waals surface area (Å²) < 4.78 is 0. The maximum Gasteiger partial charge on any atom is 0.318 e. The zero-order chi connectivity index (χ0) is 21.1. The number of amides is 3. The van der Waals surface area contributed by atoms with Crippen LogP contribution in [0.4, 0.5) is 4.79 Å². The van der Waals surface area contributed by atoms with Crippen LogP contribution in [0, 0.1) is 11.8 Å². The first-order valence-corrected chi connectivity index (χ1v) is 10.0. The third kappa shape index (κ3) is 4.55. The number of piperazine rings is 1. The van der Waals surface area contributed by atoms with E-state index >= 15 is 0 Å². The number of rotatable bonds is 4. The van der Waals surface area contributed by atoms with E-state index in [1.54, 1.807) is 9.80 Å². The predicted octanol–water partition coefficient (Wildman–Crippen LogP) is 0.689. The first kappa shape index (κ1) is 21.2. The van der Waals surface area contributed by atoms with Crippen molar-refractivity contribution in [3.8, 4) is 11.8 Å². The maximum absolute atomic E-state index is 12.6. The van der Waals surface area contributed by atoms with E-state index in [4.69, 9.17) is 0 Å². The molecule has 2 N–H and O–H groups in total. The Morgan fingerprint density at radius 2 is 2.00 bits per heavy atom. The van der Waals surface area contributed by atoms with E-state index in [1.807, 2.05) is 57.1 Å². The second-order valence-electron chi connectivity index (χ2n) is 8.29. The highest BCUT2D eigenvalue weighted by Crippen LogP contribution is 2.42. The van der Waals surface area contributed by atoms with Crippen LogP contribution < -0.4 is 5.32 Å². The number of aliphatic hydroxyl groups excluding tert-OH is 1. The number of benzene rings is 1. The van der Waals surface area contributed by atoms with Crippen molar-refractivity contribution in [3.63, 3.8) is 0 Å². The number of carbonyl (C=O) groups excluding carboxylic acids is 2. The Kier molecular flexibility index (Phi) is 6.46. The maximum atomic E-state index is 12.6. The van der Waals surface area contributed by atoms with Crippen LogP contribution in [-0.4, -0.2) is 90.2 Å². The summed E-state index contributed by atoms with van der Waals surface area (Å²) in [4.78, 5) is 30.3. The van der Waals surface area contributed by atoms with Gasteiger partial charge in [0, 0.05) is 24.1 Å². The number of aliphatic hydroxyl groups is 1. The van der Waals surface area contributed by atoms with Crippen molar-refractivity contribution in [1.29, 1.82) is 0 Å². The van der Waals surface area contributed by atoms with Gasteiger partial charge in [-0.2, -0.15) is 0 Å². The first-order chi connectivity index (χ1) is 13.8. The molecule has 3 amide bonds. The van der Waals surface area contributed by atoms with Gasteiger partial charge < -0.3 is 20.2 Å². The highest BCUT2D eigenvalue weighted by molar-refractivity contribution is 5.87. The third-order valence-corrected chi connectivity index (χ3v) is 5.38. The van der Waals surface area contributed by atoms with Gasteiger partial charge in [-0.05, 0) is 45.6 Å². The minimum atomic E-state index is -0.242. The van der Waals surface area contributed by atoms with Gasteiger partial charge in [0.1, 0.15) is 6.54 Å². The lowest BCUT2D eigenvalue weighted by atomic mass is 9.73. The molecule has 0 bridgehead atoms. The highest BCUT2D eigenvalue weighted by atomic mass is 16.3. The van der Waals surface area contributed by atoms with E-state index in [0.717, 1.165) is 11.1 Å². The average Bonchev–Trinajstić information content (AvgIpc) is 2.63. The van der Waals surface area contributed by atoms with Crippen LogP contribution in [0.2, 0.25) is 0 Å². The number of hydrogen-bond donors (Lipinski definition) is 2. The second kappa shape index (κ2) is 8.85. The standard InChI is InChI=1S/C22H30N4O3/c1-15(2)23-22(29)25-12-18-21(19(14-27)26(18)20(28)13-25)17-9-7-16(8-10-17)6-5-11-24(3)4/h7-10,15,18-19,21,27H,11-14H2,1-4H3,(H,23,29)/t18-,19+,21+/m1/s1. The molecule has 0 saturated carbocycles. The molecule has 7 nitrogen and oxygen atoms in total. The Labute approximate surface area is 172 Å². The van der Waals surface area contributed by atoms with Gasteiger partial charge in [-0.15, -0.1) is 0 Å². The molecular formula is C22H30N4O3. The van der Waals surface area contributed by atoms with Crippen LogP contribution in [0.3, 0.4) is 0 Å². The number of fused-ring (bicyclic) bond motifs is 1. The quantitative estimate of drug-likeness (QED) is 0.732. The van der Waals surface area contributed by atoms with Crippen LogP contribution in [0.1, 0.15) is 30.9 Å². The molecule has 29 heavy (non-hydrogen) atoms. The Balaban J connectivity index is 1.75. The summed E-state index contributed by atoms with van der Waals surface area (Å²) >= 11 is 0. The van der Waals surface area contributed by atoms with Crippen LogP contribution >= 0.6 is 0 Å². The predicted molar refractivity (Wildman–Crippen MR) is 111 cm³/mol. The molecule has 3 atom stereocenters. The Morgan fingerprint density at radius 1 is 1.31 bits per heavy atom. The molecule has 2 saturated heterocycles. The molecule has 156 valence electrons. The summed E-state index contributed by atoms with van der Waals surface area (Å²) in [6.07, 6.45) is 0. The number of carbonyl (C=O) groups is 2. The van der Waals surface area contributed by atoms with Gasteiger partial charge >= 0.3 is 6.03 Å². The molecule has 3 rings (SSSR count). The summed E-state index contributed by atoms with van der Waals surface area (Å²) in [5.41, 5.74) is 1.99. The Hall–Kier alpha value is -2.56. The summed E-state index contributed by atoms with van der Waals surface area (Å²) in [6, 6.07) is 7.42. The molecular weight excluding hydrogens is 368 g/mol. The third-order valence-electron chi connectivity index (χ3n) is 5.38. The van der Waals surface area contributed by atoms with Crippen LogP contribution in [0.25, 0.3) is 0 Å². The average molecular weight is 399 g/mol. The Bertz CT molecular complexity index is 810. The number of nitrogens with zero attached hydrogens (tertiary/aromatic N) is 3. The van der Waals surface area contributed by atoms with Crippen molar-refractivity contribution in [2.75, 3.05) is 40.3 Å². The number of hydrogen-bond acceptors (Lipinski definition) is 4. The fourth-order valence-corrected chi connectivity index (χ4v) is 4.08. The molecule has 1 aromatic rings. The van der Waals surface area contributed by atoms with Gasteiger partial charge in [-0.25, -0.2) is 4.79 Å². The van der Waals surface area contributed by atoms with Crippen molar-refractivity contribution < 1.29 is 14.7 Å². The van der Waals surface area contributed by atoms with E-state index < -0.39 is 0 Å². The minimum Gasteiger partial charge on any atom is -0.394 e. The summed E-state index contributed by atoms with van der Waals surface area (Å²) in [5.74, 6) is 6.15. The molecule has 2 heterocycles. The minimum absolute atomic E-state index is 0.00221. The van der Waals surface area contributed by atoms with E-state index in [2.05, 4.69) is 17.2 Å². The van der Waals surface area contributed by atoms with E-state index in [9.17, 15) is 14.7 Å². The largest absolute Gasteiger partial charge is 0.394 e. The SMILES string of the molecule is CC(C)NC(=O)N1CC(=O)N2[C@H](C1)[C@H](c1ccc(C#CCN(C)C)cc1)[C@@H]2CO. The summed E-state index contributed by atoms with van der Waals surface area (Å²) in [5, 5.41) is 12.7. The summed E-state index contributed by atoms with van der Waals surface area (Å²) in [6.45, 7) is 4.92. The Morgan fingerprint density at radius 3 is 2.59 bits per heavy atom. The fraction of sp³-hybridized carbons (Fsp3) is 0.545. The normalized spacial score (nSPS) is 23.4. The van der Waals surface area contributed by atoms with Gasteiger partial charge in [0.25, 0.3) is 0 Å². The molecule has 0 unspecified atom stereocenters. The molecule has 0 aromatic heterocycles. The molecule has 7 heteroatoms. The zero-order valence-corrected chi connectivity index (χ0v) is 17.6.